The molecule has 0 bridgehead atoms. The third kappa shape index (κ3) is 2.71. The normalized spacial score (nSPS) is 12.6. The Balaban J connectivity index is 2.24. The fourth-order valence-electron chi connectivity index (χ4n) is 1.87. The minimum Gasteiger partial charge on any atom is -0.446 e. The Morgan fingerprint density at radius 2 is 2.35 bits per heavy atom. The number of halogens is 1. The molecule has 0 spiro atoms. The van der Waals surface area contributed by atoms with Crippen LogP contribution in [0.3, 0.4) is 0 Å². The maximum absolute atomic E-state index is 10.6. The zero-order valence-corrected chi connectivity index (χ0v) is 10.1. The second-order valence-corrected chi connectivity index (χ2v) is 4.39. The Labute approximate surface area is 104 Å². The standard InChI is InChI=1S/C12H13ClN2O2/c1-7(17-12(14)16)4-8-6-15-11-3-2-9(13)5-10(8)11/h2-3,5-7,15H,4H2,1H3,(H2,14,16). The lowest BCUT2D eigenvalue weighted by Gasteiger charge is -2.10. The number of benzene rings is 1. The third-order valence-electron chi connectivity index (χ3n) is 2.55. The molecule has 5 heteroatoms. The number of aromatic amines is 1. The van der Waals surface area contributed by atoms with E-state index in [4.69, 9.17) is 22.1 Å². The number of amides is 1. The first-order valence-corrected chi connectivity index (χ1v) is 5.65. The number of hydrogen-bond donors (Lipinski definition) is 2. The molecule has 0 saturated heterocycles. The summed E-state index contributed by atoms with van der Waals surface area (Å²) in [5.41, 5.74) is 7.03. The summed E-state index contributed by atoms with van der Waals surface area (Å²) < 4.78 is 4.89. The first kappa shape index (κ1) is 11.8. The van der Waals surface area contributed by atoms with Gasteiger partial charge in [0.05, 0.1) is 0 Å². The molecule has 0 radical (unpaired) electrons. The number of nitrogens with one attached hydrogen (secondary N) is 1. The highest BCUT2D eigenvalue weighted by Crippen LogP contribution is 2.23. The van der Waals surface area contributed by atoms with Crippen LogP contribution < -0.4 is 5.73 Å². The predicted octanol–water partition coefficient (Wildman–Crippen LogP) is 2.85. The molecule has 3 N–H and O–H groups in total. The molecule has 17 heavy (non-hydrogen) atoms. The molecule has 0 fully saturated rings. The predicted molar refractivity (Wildman–Crippen MR) is 67.1 cm³/mol. The Morgan fingerprint density at radius 1 is 1.59 bits per heavy atom. The van der Waals surface area contributed by atoms with Gasteiger partial charge in [0, 0.05) is 28.5 Å². The summed E-state index contributed by atoms with van der Waals surface area (Å²) in [5.74, 6) is 0. The van der Waals surface area contributed by atoms with Crippen molar-refractivity contribution in [1.82, 2.24) is 4.98 Å². The number of nitrogens with two attached hydrogens (primary N) is 1. The van der Waals surface area contributed by atoms with Crippen molar-refractivity contribution < 1.29 is 9.53 Å². The SMILES string of the molecule is CC(Cc1c[nH]c2ccc(Cl)cc12)OC(N)=O. The lowest BCUT2D eigenvalue weighted by Crippen LogP contribution is -2.21. The van der Waals surface area contributed by atoms with Gasteiger partial charge in [0.15, 0.2) is 0 Å². The number of carbonyl (C=O) groups is 1. The number of ether oxygens (including phenoxy) is 1. The van der Waals surface area contributed by atoms with Crippen LogP contribution in [0.25, 0.3) is 10.9 Å². The quantitative estimate of drug-likeness (QED) is 0.882. The van der Waals surface area contributed by atoms with Gasteiger partial charge in [0.2, 0.25) is 0 Å². The van der Waals surface area contributed by atoms with Crippen LogP contribution in [0.5, 0.6) is 0 Å². The highest BCUT2D eigenvalue weighted by molar-refractivity contribution is 6.31. The van der Waals surface area contributed by atoms with E-state index >= 15 is 0 Å². The molecular formula is C12H13ClN2O2. The first-order valence-electron chi connectivity index (χ1n) is 5.28. The van der Waals surface area contributed by atoms with Crippen molar-refractivity contribution in [2.75, 3.05) is 0 Å². The molecule has 1 aromatic heterocycles. The van der Waals surface area contributed by atoms with Crippen molar-refractivity contribution in [3.8, 4) is 0 Å². The molecule has 2 rings (SSSR count). The van der Waals surface area contributed by atoms with E-state index in [1.807, 2.05) is 24.4 Å². The van der Waals surface area contributed by atoms with Crippen molar-refractivity contribution in [1.29, 1.82) is 0 Å². The monoisotopic (exact) mass is 252 g/mol. The van der Waals surface area contributed by atoms with Gasteiger partial charge in [0.1, 0.15) is 6.10 Å². The maximum atomic E-state index is 10.6. The van der Waals surface area contributed by atoms with Crippen LogP contribution in [0.1, 0.15) is 12.5 Å². The Morgan fingerprint density at radius 3 is 3.06 bits per heavy atom. The molecule has 2 aromatic rings. The number of hydrogen-bond acceptors (Lipinski definition) is 2. The van der Waals surface area contributed by atoms with E-state index in [-0.39, 0.29) is 6.10 Å². The number of H-pyrrole nitrogens is 1. The second kappa shape index (κ2) is 4.67. The van der Waals surface area contributed by atoms with E-state index in [1.165, 1.54) is 0 Å². The Bertz CT molecular complexity index is 550. The molecule has 0 aliphatic rings. The molecule has 90 valence electrons. The molecule has 1 heterocycles. The maximum Gasteiger partial charge on any atom is 0.404 e. The van der Waals surface area contributed by atoms with E-state index < -0.39 is 6.09 Å². The van der Waals surface area contributed by atoms with Gasteiger partial charge in [-0.2, -0.15) is 0 Å². The summed E-state index contributed by atoms with van der Waals surface area (Å²) >= 11 is 5.95. The lowest BCUT2D eigenvalue weighted by atomic mass is 10.1. The van der Waals surface area contributed by atoms with Crippen LogP contribution in [0.15, 0.2) is 24.4 Å². The topological polar surface area (TPSA) is 68.1 Å². The molecule has 1 unspecified atom stereocenters. The van der Waals surface area contributed by atoms with Crippen LogP contribution in [-0.4, -0.2) is 17.2 Å². The average molecular weight is 253 g/mol. The molecule has 4 nitrogen and oxygen atoms in total. The molecule has 1 aromatic carbocycles. The fraction of sp³-hybridized carbons (Fsp3) is 0.250. The molecular weight excluding hydrogens is 240 g/mol. The minimum atomic E-state index is -0.754. The molecule has 1 atom stereocenters. The van der Waals surface area contributed by atoms with Crippen molar-refractivity contribution in [3.05, 3.63) is 35.0 Å². The largest absolute Gasteiger partial charge is 0.446 e. The lowest BCUT2D eigenvalue weighted by molar-refractivity contribution is 0.116. The van der Waals surface area contributed by atoms with Gasteiger partial charge in [0.25, 0.3) is 0 Å². The summed E-state index contributed by atoms with van der Waals surface area (Å²) in [6, 6.07) is 5.63. The number of carbonyl (C=O) groups excluding carboxylic acids is 1. The number of aromatic nitrogens is 1. The van der Waals surface area contributed by atoms with Crippen LogP contribution in [-0.2, 0) is 11.2 Å². The van der Waals surface area contributed by atoms with E-state index in [0.29, 0.717) is 11.4 Å². The van der Waals surface area contributed by atoms with Gasteiger partial charge in [-0.1, -0.05) is 11.6 Å². The van der Waals surface area contributed by atoms with E-state index in [9.17, 15) is 4.79 Å². The van der Waals surface area contributed by atoms with Gasteiger partial charge in [-0.3, -0.25) is 0 Å². The smallest absolute Gasteiger partial charge is 0.404 e. The highest BCUT2D eigenvalue weighted by Gasteiger charge is 2.11. The summed E-state index contributed by atoms with van der Waals surface area (Å²) in [5, 5.41) is 1.72. The molecule has 0 aliphatic carbocycles. The number of primary amides is 1. The van der Waals surface area contributed by atoms with Crippen LogP contribution in [0.4, 0.5) is 4.79 Å². The zero-order chi connectivity index (χ0) is 12.4. The molecule has 0 aliphatic heterocycles. The average Bonchev–Trinajstić information content (AvgIpc) is 2.60. The van der Waals surface area contributed by atoms with Crippen molar-refractivity contribution in [3.63, 3.8) is 0 Å². The minimum absolute atomic E-state index is 0.259. The fourth-order valence-corrected chi connectivity index (χ4v) is 2.04. The Hall–Kier alpha value is -1.68. The Kier molecular flexibility index (Phi) is 3.24. The summed E-state index contributed by atoms with van der Waals surface area (Å²) in [6.07, 6.45) is 1.48. The summed E-state index contributed by atoms with van der Waals surface area (Å²) in [6.45, 7) is 1.80. The first-order chi connectivity index (χ1) is 8.06. The third-order valence-corrected chi connectivity index (χ3v) is 2.79. The van der Waals surface area contributed by atoms with E-state index in [0.717, 1.165) is 16.5 Å². The number of rotatable bonds is 3. The second-order valence-electron chi connectivity index (χ2n) is 3.96. The van der Waals surface area contributed by atoms with Crippen LogP contribution >= 0.6 is 11.6 Å². The molecule has 0 saturated carbocycles. The summed E-state index contributed by atoms with van der Waals surface area (Å²) in [7, 11) is 0. The van der Waals surface area contributed by atoms with E-state index in [2.05, 4.69) is 4.98 Å². The summed E-state index contributed by atoms with van der Waals surface area (Å²) in [4.78, 5) is 13.8. The van der Waals surface area contributed by atoms with Crippen LogP contribution in [0, 0.1) is 0 Å². The van der Waals surface area contributed by atoms with Crippen molar-refractivity contribution in [2.45, 2.75) is 19.4 Å². The highest BCUT2D eigenvalue weighted by atomic mass is 35.5. The van der Waals surface area contributed by atoms with Crippen molar-refractivity contribution in [2.24, 2.45) is 5.73 Å². The van der Waals surface area contributed by atoms with Gasteiger partial charge in [-0.25, -0.2) is 4.79 Å². The van der Waals surface area contributed by atoms with Gasteiger partial charge < -0.3 is 15.5 Å². The van der Waals surface area contributed by atoms with Gasteiger partial charge >= 0.3 is 6.09 Å². The van der Waals surface area contributed by atoms with E-state index in [1.54, 1.807) is 6.92 Å². The molecule has 1 amide bonds. The number of fused-ring (bicyclic) bond motifs is 1. The van der Waals surface area contributed by atoms with Gasteiger partial charge in [-0.15, -0.1) is 0 Å². The van der Waals surface area contributed by atoms with Gasteiger partial charge in [-0.05, 0) is 30.7 Å². The zero-order valence-electron chi connectivity index (χ0n) is 9.37. The van der Waals surface area contributed by atoms with Crippen LogP contribution in [0.2, 0.25) is 5.02 Å². The van der Waals surface area contributed by atoms with Crippen molar-refractivity contribution >= 4 is 28.6 Å².